The molecule has 384 valence electrons. The molecule has 0 radical (unpaired) electrons. The van der Waals surface area contributed by atoms with Gasteiger partial charge in [0.15, 0.2) is 18.6 Å². The Hall–Kier alpha value is -7.44. The van der Waals surface area contributed by atoms with Crippen molar-refractivity contribution in [1.82, 2.24) is 15.0 Å². The molecule has 3 aliphatic carbocycles. The van der Waals surface area contributed by atoms with Crippen molar-refractivity contribution in [2.75, 3.05) is 0 Å². The highest BCUT2D eigenvalue weighted by atomic mass is 14.9. The first-order chi connectivity index (χ1) is 37.7. The maximum Gasteiger partial charge on any atom is 0.213 e. The average molecular weight is 1010 g/mol. The molecule has 6 heteroatoms. The van der Waals surface area contributed by atoms with E-state index in [0.717, 1.165) is 70.2 Å². The van der Waals surface area contributed by atoms with E-state index in [2.05, 4.69) is 146 Å². The van der Waals surface area contributed by atoms with Gasteiger partial charge < -0.3 is 0 Å². The zero-order valence-corrected chi connectivity index (χ0v) is 47.5. The first-order valence-electron chi connectivity index (χ1n) is 29.0. The van der Waals surface area contributed by atoms with Crippen LogP contribution in [0.4, 0.5) is 0 Å². The molecule has 0 bridgehead atoms. The van der Waals surface area contributed by atoms with Crippen molar-refractivity contribution in [3.63, 3.8) is 0 Å². The van der Waals surface area contributed by atoms with Gasteiger partial charge in [-0.3, -0.25) is 15.0 Å². The highest BCUT2D eigenvalue weighted by Crippen LogP contribution is 2.45. The van der Waals surface area contributed by atoms with Crippen LogP contribution in [0.3, 0.4) is 0 Å². The van der Waals surface area contributed by atoms with Gasteiger partial charge in [0.2, 0.25) is 17.1 Å². The number of rotatable bonds is 6. The molecule has 0 aliphatic heterocycles. The van der Waals surface area contributed by atoms with Gasteiger partial charge in [-0.2, -0.15) is 0 Å². The van der Waals surface area contributed by atoms with Crippen LogP contribution in [0.5, 0.6) is 0 Å². The molecule has 0 unspecified atom stereocenters. The molecule has 6 aromatic heterocycles. The Labute approximate surface area is 458 Å². The fourth-order valence-corrected chi connectivity index (χ4v) is 11.6. The van der Waals surface area contributed by atoms with Crippen LogP contribution in [0.1, 0.15) is 124 Å². The standard InChI is InChI=1S/C25H29N2.C24H27N2.C21H21N2/c1-16-7-9-19-20-10-8-17(2)26-22(20)14-21(19)24(16)23-13-18(11-12-27(23)6)15-25(3,4)5;1-15(2)12-18-10-11-26(5)23(13-18)24-16(3)6-8-19-20-9-7-17(4)25-22(20)14-21(19)24;1-13-9-10-23(4)20(11-13)21-14(2)5-7-16-17-8-6-15(3)22-19(17)12-18(16)21/h7-13H,14-15H2,1-6H3;6-11,13,15H,12,14H2,1-5H3;5-11H,12H2,1-4H3/q3*+1/i15D2;12D2;. The lowest BCUT2D eigenvalue weighted by atomic mass is 9.87. The molecule has 0 N–H and O–H groups in total. The minimum absolute atomic E-state index is 0.0907. The average Bonchev–Trinajstić information content (AvgIpc) is 4.16. The van der Waals surface area contributed by atoms with Gasteiger partial charge in [0, 0.05) is 94.9 Å². The van der Waals surface area contributed by atoms with Crippen molar-refractivity contribution in [2.45, 2.75) is 115 Å². The normalized spacial score (nSPS) is 13.6. The van der Waals surface area contributed by atoms with Crippen LogP contribution in [-0.4, -0.2) is 15.0 Å². The minimum Gasteiger partial charge on any atom is -0.257 e. The summed E-state index contributed by atoms with van der Waals surface area (Å²) < 4.78 is 41.0. The van der Waals surface area contributed by atoms with Gasteiger partial charge in [0.1, 0.15) is 21.1 Å². The van der Waals surface area contributed by atoms with E-state index in [-0.39, 0.29) is 5.92 Å². The summed E-state index contributed by atoms with van der Waals surface area (Å²) in [5.74, 6) is -0.0907. The summed E-state index contributed by atoms with van der Waals surface area (Å²) in [6.07, 6.45) is 5.89. The molecule has 0 saturated heterocycles. The Morgan fingerprint density at radius 1 is 0.447 bits per heavy atom. The molecule has 0 atom stereocenters. The van der Waals surface area contributed by atoms with Crippen LogP contribution in [0, 0.1) is 59.8 Å². The Morgan fingerprint density at radius 2 is 0.789 bits per heavy atom. The lowest BCUT2D eigenvalue weighted by molar-refractivity contribution is -0.660. The summed E-state index contributed by atoms with van der Waals surface area (Å²) in [7, 11) is 6.20. The third-order valence-corrected chi connectivity index (χ3v) is 15.2. The van der Waals surface area contributed by atoms with Gasteiger partial charge in [0.05, 0.1) is 33.8 Å². The highest BCUT2D eigenvalue weighted by molar-refractivity contribution is 5.86. The zero-order chi connectivity index (χ0) is 57.5. The monoisotopic (exact) mass is 1010 g/mol. The molecular weight excluding hydrogens is 925 g/mol. The summed E-state index contributed by atoms with van der Waals surface area (Å²) in [6, 6.07) is 38.4. The summed E-state index contributed by atoms with van der Waals surface area (Å²) in [4.78, 5) is 14.3. The van der Waals surface area contributed by atoms with Crippen molar-refractivity contribution >= 4 is 0 Å². The molecular formula is C70H77N6+3. The lowest BCUT2D eigenvalue weighted by Crippen LogP contribution is -2.31. The fraction of sp³-hybridized carbons (Fsp3) is 0.314. The molecule has 0 fully saturated rings. The highest BCUT2D eigenvalue weighted by Gasteiger charge is 2.31. The van der Waals surface area contributed by atoms with Gasteiger partial charge in [-0.25, -0.2) is 13.7 Å². The fourth-order valence-electron chi connectivity index (χ4n) is 11.6. The number of aryl methyl sites for hydroxylation is 10. The van der Waals surface area contributed by atoms with Gasteiger partial charge >= 0.3 is 0 Å². The molecule has 0 saturated carbocycles. The van der Waals surface area contributed by atoms with Crippen LogP contribution >= 0.6 is 0 Å². The van der Waals surface area contributed by atoms with E-state index in [4.69, 9.17) is 20.4 Å². The van der Waals surface area contributed by atoms with E-state index in [9.17, 15) is 0 Å². The first-order valence-corrected chi connectivity index (χ1v) is 27.0. The molecule has 9 aromatic rings. The number of fused-ring (bicyclic) bond motifs is 9. The predicted molar refractivity (Wildman–Crippen MR) is 312 cm³/mol. The maximum atomic E-state index is 8.73. The number of hydrogen-bond donors (Lipinski definition) is 0. The third-order valence-electron chi connectivity index (χ3n) is 15.2. The van der Waals surface area contributed by atoms with Crippen LogP contribution in [-0.2, 0) is 53.2 Å². The van der Waals surface area contributed by atoms with E-state index in [0.29, 0.717) is 0 Å². The van der Waals surface area contributed by atoms with E-state index >= 15 is 0 Å². The van der Waals surface area contributed by atoms with Crippen LogP contribution in [0.25, 0.3) is 67.2 Å². The smallest absolute Gasteiger partial charge is 0.213 e. The first kappa shape index (κ1) is 47.0. The molecule has 3 aliphatic rings. The predicted octanol–water partition coefficient (Wildman–Crippen LogP) is 14.4. The third kappa shape index (κ3) is 10.3. The van der Waals surface area contributed by atoms with E-state index < -0.39 is 18.2 Å². The van der Waals surface area contributed by atoms with Crippen molar-refractivity contribution in [1.29, 1.82) is 0 Å². The molecule has 0 amide bonds. The van der Waals surface area contributed by atoms with E-state index in [1.165, 1.54) is 100 Å². The van der Waals surface area contributed by atoms with Crippen LogP contribution in [0.2, 0.25) is 0 Å². The maximum absolute atomic E-state index is 8.73. The SMILES string of the molecule is Cc1cc[n+](C)c(-c2c(C)ccc3c2Cc2nc(C)ccc2-3)c1.[2H]C([2H])(c1cc[n+](C)c(-c2c(C)ccc3c2Cc2nc(C)ccc2-3)c1)C(C)(C)C.[2H]C([2H])(c1cc[n+](C)c(-c2c(C)ccc3c2Cc2nc(C)ccc2-3)c1)C(C)C. The minimum atomic E-state index is -1.43. The van der Waals surface area contributed by atoms with Crippen molar-refractivity contribution < 1.29 is 19.2 Å². The second-order valence-electron chi connectivity index (χ2n) is 22.9. The van der Waals surface area contributed by atoms with E-state index in [1.54, 1.807) is 0 Å². The van der Waals surface area contributed by atoms with Gasteiger partial charge in [0.25, 0.3) is 0 Å². The molecule has 6 heterocycles. The summed E-state index contributed by atoms with van der Waals surface area (Å²) in [5.41, 5.74) is 31.4. The van der Waals surface area contributed by atoms with Crippen LogP contribution in [0.15, 0.2) is 128 Å². The summed E-state index contributed by atoms with van der Waals surface area (Å²) in [6.45, 7) is 24.5. The molecule has 3 aromatic carbocycles. The lowest BCUT2D eigenvalue weighted by Gasteiger charge is -2.18. The Morgan fingerprint density at radius 3 is 1.17 bits per heavy atom. The zero-order valence-electron chi connectivity index (χ0n) is 51.5. The van der Waals surface area contributed by atoms with E-state index in [1.807, 2.05) is 99.2 Å². The number of pyridine rings is 6. The Bertz CT molecular complexity index is 3960. The van der Waals surface area contributed by atoms with Gasteiger partial charge in [-0.15, -0.1) is 0 Å². The van der Waals surface area contributed by atoms with Crippen molar-refractivity contribution in [3.05, 3.63) is 212 Å². The molecule has 12 rings (SSSR count). The number of hydrogen-bond acceptors (Lipinski definition) is 3. The Kier molecular flexibility index (Phi) is 12.7. The quantitative estimate of drug-likeness (QED) is 0.156. The summed E-state index contributed by atoms with van der Waals surface area (Å²) in [5, 5.41) is 0. The van der Waals surface area contributed by atoms with Crippen molar-refractivity contribution in [3.8, 4) is 67.2 Å². The Balaban J connectivity index is 0.000000136. The molecule has 6 nitrogen and oxygen atoms in total. The second-order valence-corrected chi connectivity index (χ2v) is 22.9. The molecule has 76 heavy (non-hydrogen) atoms. The molecule has 0 spiro atoms. The second kappa shape index (κ2) is 20.6. The number of aromatic nitrogens is 6. The van der Waals surface area contributed by atoms with Gasteiger partial charge in [-0.05, 0) is 158 Å². The number of benzene rings is 3. The summed E-state index contributed by atoms with van der Waals surface area (Å²) >= 11 is 0. The van der Waals surface area contributed by atoms with Gasteiger partial charge in [-0.1, -0.05) is 89.2 Å². The largest absolute Gasteiger partial charge is 0.257 e. The van der Waals surface area contributed by atoms with Crippen LogP contribution < -0.4 is 13.7 Å². The number of nitrogens with zero attached hydrogens (tertiary/aromatic N) is 6. The topological polar surface area (TPSA) is 50.3 Å². The van der Waals surface area contributed by atoms with Crippen molar-refractivity contribution in [2.24, 2.45) is 32.5 Å².